The van der Waals surface area contributed by atoms with E-state index in [0.29, 0.717) is 5.56 Å². The van der Waals surface area contributed by atoms with Gasteiger partial charge >= 0.3 is 0 Å². The normalized spacial score (nSPS) is 10.6. The van der Waals surface area contributed by atoms with Crippen LogP contribution < -0.4 is 5.32 Å². The van der Waals surface area contributed by atoms with Crippen LogP contribution >= 0.6 is 11.3 Å². The molecule has 0 saturated heterocycles. The summed E-state index contributed by atoms with van der Waals surface area (Å²) in [5.74, 6) is 1.56. The lowest BCUT2D eigenvalue weighted by Crippen LogP contribution is -2.06. The van der Waals surface area contributed by atoms with Gasteiger partial charge in [-0.1, -0.05) is 6.92 Å². The second kappa shape index (κ2) is 6.93. The summed E-state index contributed by atoms with van der Waals surface area (Å²) in [6, 6.07) is 7.62. The largest absolute Gasteiger partial charge is 0.340 e. The molecule has 0 amide bonds. The Labute approximate surface area is 145 Å². The molecule has 0 aliphatic rings. The van der Waals surface area contributed by atoms with Crippen LogP contribution in [0, 0.1) is 13.8 Å². The quantitative estimate of drug-likeness (QED) is 0.670. The molecule has 1 N–H and O–H groups in total. The Morgan fingerprint density at radius 1 is 1.21 bits per heavy atom. The molecule has 0 bridgehead atoms. The summed E-state index contributed by atoms with van der Waals surface area (Å²) < 4.78 is 0. The summed E-state index contributed by atoms with van der Waals surface area (Å²) in [7, 11) is 0. The number of thiophene rings is 1. The Kier molecular flexibility index (Phi) is 4.71. The van der Waals surface area contributed by atoms with Crippen LogP contribution in [0.25, 0.3) is 11.4 Å². The van der Waals surface area contributed by atoms with Crippen LogP contribution in [0.2, 0.25) is 0 Å². The van der Waals surface area contributed by atoms with Gasteiger partial charge in [0.1, 0.15) is 12.1 Å². The predicted octanol–water partition coefficient (Wildman–Crippen LogP) is 4.94. The van der Waals surface area contributed by atoms with E-state index in [-0.39, 0.29) is 0 Å². The summed E-state index contributed by atoms with van der Waals surface area (Å²) in [6.45, 7) is 6.10. The maximum atomic E-state index is 10.9. The summed E-state index contributed by atoms with van der Waals surface area (Å²) in [4.78, 5) is 20.3. The zero-order valence-corrected chi connectivity index (χ0v) is 14.8. The highest BCUT2D eigenvalue weighted by Crippen LogP contribution is 2.28. The molecular weight excluding hydrogens is 318 g/mol. The van der Waals surface area contributed by atoms with Crippen molar-refractivity contribution in [1.29, 1.82) is 0 Å². The number of aryl methyl sites for hydroxylation is 2. The molecular formula is C19H19N3OS. The fourth-order valence-electron chi connectivity index (χ4n) is 2.67. The minimum absolute atomic E-state index is 0.673. The fourth-order valence-corrected chi connectivity index (χ4v) is 3.31. The van der Waals surface area contributed by atoms with E-state index in [1.54, 1.807) is 11.3 Å². The number of aromatic nitrogens is 2. The van der Waals surface area contributed by atoms with Crippen molar-refractivity contribution in [1.82, 2.24) is 9.97 Å². The van der Waals surface area contributed by atoms with Gasteiger partial charge in [0.05, 0.1) is 0 Å². The van der Waals surface area contributed by atoms with Gasteiger partial charge in [-0.15, -0.1) is 0 Å². The van der Waals surface area contributed by atoms with Crippen LogP contribution in [0.4, 0.5) is 11.5 Å². The van der Waals surface area contributed by atoms with Crippen LogP contribution in [0.15, 0.2) is 35.0 Å². The predicted molar refractivity (Wildman–Crippen MR) is 99.3 cm³/mol. The first-order chi connectivity index (χ1) is 11.6. The first-order valence-corrected chi connectivity index (χ1v) is 8.79. The topological polar surface area (TPSA) is 54.9 Å². The van der Waals surface area contributed by atoms with Crippen molar-refractivity contribution in [2.24, 2.45) is 0 Å². The van der Waals surface area contributed by atoms with Crippen molar-refractivity contribution in [3.8, 4) is 11.4 Å². The van der Waals surface area contributed by atoms with Gasteiger partial charge in [-0.05, 0) is 55.5 Å². The minimum Gasteiger partial charge on any atom is -0.340 e. The second-order valence-corrected chi connectivity index (χ2v) is 6.42. The highest BCUT2D eigenvalue weighted by Gasteiger charge is 2.13. The summed E-state index contributed by atoms with van der Waals surface area (Å²) in [5, 5.41) is 7.50. The third-order valence-electron chi connectivity index (χ3n) is 3.99. The zero-order chi connectivity index (χ0) is 17.1. The number of hydrogen-bond donors (Lipinski definition) is 1. The molecule has 122 valence electrons. The average molecular weight is 337 g/mol. The average Bonchev–Trinajstić information content (AvgIpc) is 3.11. The van der Waals surface area contributed by atoms with Crippen molar-refractivity contribution in [2.45, 2.75) is 27.2 Å². The van der Waals surface area contributed by atoms with E-state index in [9.17, 15) is 4.79 Å². The van der Waals surface area contributed by atoms with Gasteiger partial charge < -0.3 is 5.32 Å². The van der Waals surface area contributed by atoms with E-state index in [1.807, 2.05) is 48.9 Å². The number of carbonyl (C=O) groups excluding carboxylic acids is 1. The minimum atomic E-state index is 0.673. The molecule has 0 fully saturated rings. The Hall–Kier alpha value is -2.53. The third kappa shape index (κ3) is 3.21. The molecule has 3 rings (SSSR count). The molecule has 0 aliphatic heterocycles. The third-order valence-corrected chi connectivity index (χ3v) is 4.67. The molecule has 0 unspecified atom stereocenters. The van der Waals surface area contributed by atoms with Crippen molar-refractivity contribution < 1.29 is 4.79 Å². The number of anilines is 2. The lowest BCUT2D eigenvalue weighted by Gasteiger charge is -2.15. The molecule has 0 radical (unpaired) electrons. The Balaban J connectivity index is 2.04. The fraction of sp³-hybridized carbons (Fsp3) is 0.211. The molecule has 0 saturated carbocycles. The second-order valence-electron chi connectivity index (χ2n) is 5.64. The summed E-state index contributed by atoms with van der Waals surface area (Å²) in [5.41, 5.74) is 5.75. The van der Waals surface area contributed by atoms with Crippen LogP contribution in [0.3, 0.4) is 0 Å². The SMILES string of the molecule is CCc1c(C)nc(-c2ccsc2)nc1Nc1ccc(C=O)cc1C. The lowest BCUT2D eigenvalue weighted by atomic mass is 10.1. The van der Waals surface area contributed by atoms with Gasteiger partial charge in [0.15, 0.2) is 5.82 Å². The number of carbonyl (C=O) groups is 1. The van der Waals surface area contributed by atoms with Crippen molar-refractivity contribution in [2.75, 3.05) is 5.32 Å². The van der Waals surface area contributed by atoms with Crippen LogP contribution in [-0.4, -0.2) is 16.3 Å². The maximum absolute atomic E-state index is 10.9. The number of aldehydes is 1. The number of nitrogens with zero attached hydrogens (tertiary/aromatic N) is 2. The molecule has 24 heavy (non-hydrogen) atoms. The first-order valence-electron chi connectivity index (χ1n) is 7.85. The number of nitrogens with one attached hydrogen (secondary N) is 1. The van der Waals surface area contributed by atoms with Gasteiger partial charge in [0.2, 0.25) is 0 Å². The van der Waals surface area contributed by atoms with E-state index in [1.165, 1.54) is 0 Å². The van der Waals surface area contributed by atoms with Crippen LogP contribution in [-0.2, 0) is 6.42 Å². The first kappa shape index (κ1) is 16.3. The zero-order valence-electron chi connectivity index (χ0n) is 14.0. The number of hydrogen-bond acceptors (Lipinski definition) is 5. The molecule has 1 aromatic carbocycles. The summed E-state index contributed by atoms with van der Waals surface area (Å²) in [6.07, 6.45) is 1.71. The Morgan fingerprint density at radius 3 is 2.67 bits per heavy atom. The van der Waals surface area contributed by atoms with Gasteiger partial charge in [0.25, 0.3) is 0 Å². The van der Waals surface area contributed by atoms with E-state index < -0.39 is 0 Å². The molecule has 5 heteroatoms. The number of rotatable bonds is 5. The van der Waals surface area contributed by atoms with Crippen LogP contribution in [0.5, 0.6) is 0 Å². The van der Waals surface area contributed by atoms with Crippen molar-refractivity contribution >= 4 is 29.1 Å². The van der Waals surface area contributed by atoms with E-state index in [4.69, 9.17) is 4.98 Å². The molecule has 2 aromatic heterocycles. The highest BCUT2D eigenvalue weighted by molar-refractivity contribution is 7.08. The Morgan fingerprint density at radius 2 is 2.04 bits per heavy atom. The Bertz CT molecular complexity index is 873. The summed E-state index contributed by atoms with van der Waals surface area (Å²) >= 11 is 1.63. The van der Waals surface area contributed by atoms with Gasteiger partial charge in [-0.2, -0.15) is 11.3 Å². The standard InChI is InChI=1S/C19H19N3OS/c1-4-16-13(3)20-18(15-7-8-24-11-15)22-19(16)21-17-6-5-14(10-23)9-12(17)2/h5-11H,4H2,1-3H3,(H,20,21,22). The molecule has 4 nitrogen and oxygen atoms in total. The monoisotopic (exact) mass is 337 g/mol. The molecule has 3 aromatic rings. The smallest absolute Gasteiger partial charge is 0.162 e. The van der Waals surface area contributed by atoms with Crippen LogP contribution in [0.1, 0.15) is 34.1 Å². The van der Waals surface area contributed by atoms with Crippen molar-refractivity contribution in [3.05, 3.63) is 57.4 Å². The molecule has 0 atom stereocenters. The molecule has 0 aliphatic carbocycles. The molecule has 2 heterocycles. The van der Waals surface area contributed by atoms with E-state index in [2.05, 4.69) is 17.2 Å². The van der Waals surface area contributed by atoms with Gasteiger partial charge in [-0.25, -0.2) is 9.97 Å². The number of benzene rings is 1. The van der Waals surface area contributed by atoms with Crippen molar-refractivity contribution in [3.63, 3.8) is 0 Å². The lowest BCUT2D eigenvalue weighted by molar-refractivity contribution is 0.112. The van der Waals surface area contributed by atoms with E-state index >= 15 is 0 Å². The van der Waals surface area contributed by atoms with E-state index in [0.717, 1.165) is 52.4 Å². The highest BCUT2D eigenvalue weighted by atomic mass is 32.1. The maximum Gasteiger partial charge on any atom is 0.162 e. The van der Waals surface area contributed by atoms with Gasteiger partial charge in [0, 0.05) is 33.5 Å². The molecule has 0 spiro atoms. The van der Waals surface area contributed by atoms with Gasteiger partial charge in [-0.3, -0.25) is 4.79 Å².